The van der Waals surface area contributed by atoms with Crippen molar-refractivity contribution < 1.29 is 8.78 Å². The zero-order valence-electron chi connectivity index (χ0n) is 9.09. The van der Waals surface area contributed by atoms with Gasteiger partial charge in [-0.25, -0.2) is 8.78 Å². The Morgan fingerprint density at radius 3 is 2.47 bits per heavy atom. The number of nitrogens with zero attached hydrogens (tertiary/aromatic N) is 2. The van der Waals surface area contributed by atoms with Crippen LogP contribution in [-0.4, -0.2) is 22.9 Å². The van der Waals surface area contributed by atoms with Gasteiger partial charge >= 0.3 is 0 Å². The summed E-state index contributed by atoms with van der Waals surface area (Å²) >= 11 is 0. The summed E-state index contributed by atoms with van der Waals surface area (Å²) in [6, 6.07) is 0. The molecule has 5 heteroatoms. The van der Waals surface area contributed by atoms with Gasteiger partial charge < -0.3 is 5.32 Å². The normalized spacial score (nSPS) is 15.3. The van der Waals surface area contributed by atoms with Crippen LogP contribution in [0.4, 0.5) is 8.78 Å². The fourth-order valence-electron chi connectivity index (χ4n) is 1.55. The third kappa shape index (κ3) is 2.28. The van der Waals surface area contributed by atoms with Crippen molar-refractivity contribution in [2.24, 2.45) is 0 Å². The topological polar surface area (TPSA) is 37.8 Å². The molecule has 0 aromatic carbocycles. The Bertz CT molecular complexity index is 330. The zero-order chi connectivity index (χ0) is 11.5. The van der Waals surface area contributed by atoms with E-state index in [9.17, 15) is 8.78 Å². The molecule has 1 aromatic heterocycles. The van der Waals surface area contributed by atoms with Gasteiger partial charge in [0.15, 0.2) is 0 Å². The highest BCUT2D eigenvalue weighted by atomic mass is 19.3. The second-order valence-corrected chi connectivity index (χ2v) is 3.52. The van der Waals surface area contributed by atoms with Crippen LogP contribution in [0.3, 0.4) is 0 Å². The van der Waals surface area contributed by atoms with Crippen LogP contribution in [0.15, 0.2) is 12.4 Å². The highest BCUT2D eigenvalue weighted by Gasteiger charge is 2.38. The van der Waals surface area contributed by atoms with E-state index in [4.69, 9.17) is 0 Å². The van der Waals surface area contributed by atoms with Crippen molar-refractivity contribution in [3.8, 4) is 0 Å². The maximum atomic E-state index is 13.0. The van der Waals surface area contributed by atoms with Crippen molar-refractivity contribution in [1.82, 2.24) is 15.3 Å². The van der Waals surface area contributed by atoms with E-state index < -0.39 is 12.0 Å². The molecular weight excluding hydrogens is 200 g/mol. The van der Waals surface area contributed by atoms with Crippen molar-refractivity contribution in [1.29, 1.82) is 0 Å². The molecular formula is C10H15F2N3. The van der Waals surface area contributed by atoms with E-state index in [1.807, 2.05) is 0 Å². The maximum Gasteiger partial charge on any atom is 0.261 e. The molecule has 3 nitrogen and oxygen atoms in total. The Labute approximate surface area is 87.9 Å². The highest BCUT2D eigenvalue weighted by Crippen LogP contribution is 2.27. The Morgan fingerprint density at radius 2 is 2.00 bits per heavy atom. The lowest BCUT2D eigenvalue weighted by Gasteiger charge is -2.29. The van der Waals surface area contributed by atoms with E-state index in [1.54, 1.807) is 13.8 Å². The van der Waals surface area contributed by atoms with Gasteiger partial charge in [-0.05, 0) is 20.4 Å². The Hall–Kier alpha value is -1.10. The molecule has 0 saturated carbocycles. The van der Waals surface area contributed by atoms with Crippen LogP contribution >= 0.6 is 0 Å². The van der Waals surface area contributed by atoms with Crippen LogP contribution in [0.5, 0.6) is 0 Å². The molecule has 0 spiro atoms. The second-order valence-electron chi connectivity index (χ2n) is 3.52. The van der Waals surface area contributed by atoms with Crippen molar-refractivity contribution in [3.05, 3.63) is 23.8 Å². The number of halogens is 2. The minimum Gasteiger partial charge on any atom is -0.302 e. The minimum atomic E-state index is -2.52. The first-order valence-corrected chi connectivity index (χ1v) is 4.83. The van der Waals surface area contributed by atoms with Crippen LogP contribution in [0.1, 0.15) is 25.2 Å². The van der Waals surface area contributed by atoms with Crippen molar-refractivity contribution >= 4 is 0 Å². The summed E-state index contributed by atoms with van der Waals surface area (Å²) < 4.78 is 26.0. The van der Waals surface area contributed by atoms with Gasteiger partial charge in [-0.1, -0.05) is 6.92 Å². The molecule has 0 bridgehead atoms. The number of aryl methyl sites for hydroxylation is 1. The van der Waals surface area contributed by atoms with Gasteiger partial charge in [0.2, 0.25) is 0 Å². The molecule has 1 atom stereocenters. The monoisotopic (exact) mass is 215 g/mol. The van der Waals surface area contributed by atoms with Gasteiger partial charge in [-0.2, -0.15) is 0 Å². The van der Waals surface area contributed by atoms with E-state index in [0.717, 1.165) is 0 Å². The second kappa shape index (κ2) is 4.61. The summed E-state index contributed by atoms with van der Waals surface area (Å²) in [5.74, 6) is 0. The fourth-order valence-corrected chi connectivity index (χ4v) is 1.55. The molecule has 1 unspecified atom stereocenters. The number of aromatic nitrogens is 2. The van der Waals surface area contributed by atoms with E-state index in [-0.39, 0.29) is 0 Å². The highest BCUT2D eigenvalue weighted by molar-refractivity contribution is 5.20. The molecule has 1 heterocycles. The van der Waals surface area contributed by atoms with Crippen LogP contribution in [-0.2, 0) is 5.54 Å². The lowest BCUT2D eigenvalue weighted by molar-refractivity contribution is 0.0362. The van der Waals surface area contributed by atoms with E-state index in [0.29, 0.717) is 17.9 Å². The number of hydrogen-bond acceptors (Lipinski definition) is 3. The van der Waals surface area contributed by atoms with E-state index in [1.165, 1.54) is 19.3 Å². The molecule has 15 heavy (non-hydrogen) atoms. The molecule has 1 rings (SSSR count). The Kier molecular flexibility index (Phi) is 3.68. The first-order chi connectivity index (χ1) is 7.02. The third-order valence-electron chi connectivity index (χ3n) is 2.35. The summed E-state index contributed by atoms with van der Waals surface area (Å²) in [7, 11) is 0. The van der Waals surface area contributed by atoms with Crippen molar-refractivity contribution in [2.75, 3.05) is 6.54 Å². The summed E-state index contributed by atoms with van der Waals surface area (Å²) in [5, 5.41) is 2.76. The molecule has 0 aliphatic carbocycles. The molecule has 84 valence electrons. The average Bonchev–Trinajstić information content (AvgIpc) is 2.18. The number of rotatable bonds is 4. The lowest BCUT2D eigenvalue weighted by Crippen LogP contribution is -2.47. The third-order valence-corrected chi connectivity index (χ3v) is 2.35. The quantitative estimate of drug-likeness (QED) is 0.833. The van der Waals surface area contributed by atoms with Gasteiger partial charge in [0.05, 0.1) is 11.4 Å². The SMILES string of the molecule is CCNC(C)(c1nccnc1C)C(F)F. The van der Waals surface area contributed by atoms with Crippen molar-refractivity contribution in [3.63, 3.8) is 0 Å². The van der Waals surface area contributed by atoms with E-state index in [2.05, 4.69) is 15.3 Å². The number of nitrogens with one attached hydrogen (secondary N) is 1. The van der Waals surface area contributed by atoms with Gasteiger partial charge in [0.25, 0.3) is 6.43 Å². The lowest BCUT2D eigenvalue weighted by atomic mass is 9.96. The smallest absolute Gasteiger partial charge is 0.261 e. The van der Waals surface area contributed by atoms with Crippen LogP contribution in [0.2, 0.25) is 0 Å². The largest absolute Gasteiger partial charge is 0.302 e. The van der Waals surface area contributed by atoms with Gasteiger partial charge in [0.1, 0.15) is 5.54 Å². The molecule has 1 N–H and O–H groups in total. The number of alkyl halides is 2. The molecule has 0 saturated heterocycles. The first-order valence-electron chi connectivity index (χ1n) is 4.83. The van der Waals surface area contributed by atoms with Crippen LogP contribution in [0.25, 0.3) is 0 Å². The molecule has 0 fully saturated rings. The molecule has 0 aliphatic heterocycles. The van der Waals surface area contributed by atoms with Gasteiger partial charge in [-0.3, -0.25) is 9.97 Å². The molecule has 1 aromatic rings. The zero-order valence-corrected chi connectivity index (χ0v) is 9.09. The standard InChI is InChI=1S/C10H15F2N3/c1-4-15-10(3,9(11)12)8-7(2)13-5-6-14-8/h5-6,9,15H,4H2,1-3H3. The predicted molar refractivity (Wildman–Crippen MR) is 53.8 cm³/mol. The Balaban J connectivity index is 3.15. The molecule has 0 amide bonds. The van der Waals surface area contributed by atoms with Crippen LogP contribution in [0, 0.1) is 6.92 Å². The fraction of sp³-hybridized carbons (Fsp3) is 0.600. The number of hydrogen-bond donors (Lipinski definition) is 1. The minimum absolute atomic E-state index is 0.307. The van der Waals surface area contributed by atoms with E-state index >= 15 is 0 Å². The predicted octanol–water partition coefficient (Wildman–Crippen LogP) is 1.87. The Morgan fingerprint density at radius 1 is 1.40 bits per heavy atom. The van der Waals surface area contributed by atoms with Crippen molar-refractivity contribution in [2.45, 2.75) is 32.7 Å². The first kappa shape index (κ1) is 12.0. The van der Waals surface area contributed by atoms with Gasteiger partial charge in [0, 0.05) is 12.4 Å². The molecule has 0 radical (unpaired) electrons. The summed E-state index contributed by atoms with van der Waals surface area (Å²) in [6.07, 6.45) is 0.407. The average molecular weight is 215 g/mol. The summed E-state index contributed by atoms with van der Waals surface area (Å²) in [5.41, 5.74) is -0.587. The van der Waals surface area contributed by atoms with Gasteiger partial charge in [-0.15, -0.1) is 0 Å². The van der Waals surface area contributed by atoms with Crippen LogP contribution < -0.4 is 5.32 Å². The maximum absolute atomic E-state index is 13.0. The summed E-state index contributed by atoms with van der Waals surface area (Å²) in [4.78, 5) is 7.96. The summed E-state index contributed by atoms with van der Waals surface area (Å²) in [6.45, 7) is 5.36. The molecule has 0 aliphatic rings.